The van der Waals surface area contributed by atoms with Crippen LogP contribution in [0.15, 0.2) is 0 Å². The average Bonchev–Trinajstić information content (AvgIpc) is 2.52. The Morgan fingerprint density at radius 1 is 1.45 bits per heavy atom. The minimum absolute atomic E-state index is 0.140. The summed E-state index contributed by atoms with van der Waals surface area (Å²) >= 11 is 2.19. The third-order valence-corrected chi connectivity index (χ3v) is 2.11. The van der Waals surface area contributed by atoms with E-state index >= 15 is 0 Å². The number of rotatable bonds is 2. The highest BCUT2D eigenvalue weighted by molar-refractivity contribution is 14.1. The Morgan fingerprint density at radius 2 is 2.09 bits per heavy atom. The van der Waals surface area contributed by atoms with Crippen LogP contribution in [0.2, 0.25) is 0 Å². The Balaban J connectivity index is 2.17. The van der Waals surface area contributed by atoms with Crippen molar-refractivity contribution in [1.82, 2.24) is 4.90 Å². The minimum atomic E-state index is -0.140. The Hall–Kier alpha value is -0.0000000000000000555. The lowest BCUT2D eigenvalue weighted by Crippen LogP contribution is -2.28. The first-order valence-corrected chi connectivity index (χ1v) is 5.35. The lowest BCUT2D eigenvalue weighted by molar-refractivity contribution is 0.117. The summed E-state index contributed by atoms with van der Waals surface area (Å²) in [5, 5.41) is 0. The number of ether oxygens (including phenoxy) is 1. The second kappa shape index (κ2) is 4.79. The van der Waals surface area contributed by atoms with Gasteiger partial charge in [0.2, 0.25) is 0 Å². The van der Waals surface area contributed by atoms with Crippen LogP contribution in [0.3, 0.4) is 0 Å². The summed E-state index contributed by atoms with van der Waals surface area (Å²) in [6.07, 6.45) is 2.11. The molecule has 0 aromatic rings. The van der Waals surface area contributed by atoms with Gasteiger partial charge in [-0.1, -0.05) is 22.6 Å². The fourth-order valence-electron chi connectivity index (χ4n) is 1.12. The summed E-state index contributed by atoms with van der Waals surface area (Å²) in [5.74, 6) is 0. The molecule has 1 aliphatic heterocycles. The summed E-state index contributed by atoms with van der Waals surface area (Å²) in [7, 11) is 0. The maximum Gasteiger partial charge on any atom is 0.409 e. The summed E-state index contributed by atoms with van der Waals surface area (Å²) in [5.41, 5.74) is 0. The lowest BCUT2D eigenvalue weighted by atomic mass is 10.4. The highest BCUT2D eigenvalue weighted by atomic mass is 127. The highest BCUT2D eigenvalue weighted by Crippen LogP contribution is 2.08. The van der Waals surface area contributed by atoms with E-state index in [2.05, 4.69) is 22.6 Å². The van der Waals surface area contributed by atoms with Gasteiger partial charge in [-0.2, -0.15) is 0 Å². The van der Waals surface area contributed by atoms with E-state index in [1.807, 2.05) is 0 Å². The molecule has 64 valence electrons. The summed E-state index contributed by atoms with van der Waals surface area (Å²) in [4.78, 5) is 12.9. The van der Waals surface area contributed by atoms with Gasteiger partial charge in [0.05, 0.1) is 0 Å². The molecule has 1 heterocycles. The second-order valence-electron chi connectivity index (χ2n) is 2.50. The number of carbonyl (C=O) groups excluding carboxylic acids is 1. The van der Waals surface area contributed by atoms with Crippen molar-refractivity contribution in [3.05, 3.63) is 0 Å². The fraction of sp³-hybridized carbons (Fsp3) is 0.857. The van der Waals surface area contributed by atoms with Gasteiger partial charge in [0, 0.05) is 17.5 Å². The van der Waals surface area contributed by atoms with Crippen LogP contribution in [0.25, 0.3) is 0 Å². The average molecular weight is 269 g/mol. The van der Waals surface area contributed by atoms with E-state index in [4.69, 9.17) is 4.74 Å². The minimum Gasteiger partial charge on any atom is -0.449 e. The van der Waals surface area contributed by atoms with Crippen LogP contribution in [0.4, 0.5) is 4.79 Å². The molecule has 0 aromatic carbocycles. The van der Waals surface area contributed by atoms with Crippen molar-refractivity contribution in [3.8, 4) is 0 Å². The first kappa shape index (κ1) is 9.09. The topological polar surface area (TPSA) is 29.5 Å². The maximum atomic E-state index is 11.1. The third-order valence-electron chi connectivity index (χ3n) is 1.67. The van der Waals surface area contributed by atoms with Gasteiger partial charge in [0.1, 0.15) is 6.61 Å². The van der Waals surface area contributed by atoms with Crippen molar-refractivity contribution < 1.29 is 9.53 Å². The summed E-state index contributed by atoms with van der Waals surface area (Å²) in [6, 6.07) is 0. The van der Waals surface area contributed by atoms with Crippen LogP contribution in [0, 0.1) is 0 Å². The Bertz CT molecular complexity index is 134. The molecule has 0 aliphatic carbocycles. The van der Waals surface area contributed by atoms with Gasteiger partial charge >= 0.3 is 6.09 Å². The van der Waals surface area contributed by atoms with Crippen LogP contribution in [0.5, 0.6) is 0 Å². The van der Waals surface area contributed by atoms with E-state index in [1.54, 1.807) is 4.90 Å². The molecule has 1 rings (SSSR count). The van der Waals surface area contributed by atoms with Crippen LogP contribution in [-0.2, 0) is 4.74 Å². The van der Waals surface area contributed by atoms with Gasteiger partial charge in [-0.25, -0.2) is 4.79 Å². The Morgan fingerprint density at radius 3 is 2.64 bits per heavy atom. The standard InChI is InChI=1S/C7H12INO2/c8-3-6-11-7(10)9-4-1-2-5-9/h1-6H2. The molecule has 1 saturated heterocycles. The highest BCUT2D eigenvalue weighted by Gasteiger charge is 2.18. The van der Waals surface area contributed by atoms with E-state index in [9.17, 15) is 4.79 Å². The third kappa shape index (κ3) is 2.84. The molecule has 1 amide bonds. The molecule has 0 N–H and O–H groups in total. The molecule has 0 radical (unpaired) electrons. The van der Waals surface area contributed by atoms with Crippen molar-refractivity contribution >= 4 is 28.7 Å². The molecule has 0 unspecified atom stereocenters. The van der Waals surface area contributed by atoms with E-state index in [-0.39, 0.29) is 6.09 Å². The van der Waals surface area contributed by atoms with Gasteiger partial charge in [0.15, 0.2) is 0 Å². The molecule has 0 atom stereocenters. The number of alkyl halides is 1. The van der Waals surface area contributed by atoms with Crippen LogP contribution >= 0.6 is 22.6 Å². The zero-order valence-corrected chi connectivity index (χ0v) is 8.54. The molecular weight excluding hydrogens is 257 g/mol. The number of nitrogens with zero attached hydrogens (tertiary/aromatic N) is 1. The van der Waals surface area contributed by atoms with E-state index in [0.29, 0.717) is 6.61 Å². The van der Waals surface area contributed by atoms with E-state index in [0.717, 1.165) is 30.4 Å². The second-order valence-corrected chi connectivity index (χ2v) is 3.58. The Kier molecular flexibility index (Phi) is 3.96. The largest absolute Gasteiger partial charge is 0.449 e. The molecule has 3 nitrogen and oxygen atoms in total. The smallest absolute Gasteiger partial charge is 0.409 e. The number of halogens is 1. The van der Waals surface area contributed by atoms with Gasteiger partial charge in [-0.05, 0) is 12.8 Å². The van der Waals surface area contributed by atoms with Gasteiger partial charge in [0.25, 0.3) is 0 Å². The molecule has 0 bridgehead atoms. The molecule has 0 aromatic heterocycles. The Labute approximate surface area is 80.2 Å². The number of likely N-dealkylation sites (tertiary alicyclic amines) is 1. The van der Waals surface area contributed by atoms with Crippen molar-refractivity contribution in [1.29, 1.82) is 0 Å². The van der Waals surface area contributed by atoms with Gasteiger partial charge in [-0.3, -0.25) is 0 Å². The van der Waals surface area contributed by atoms with Gasteiger partial charge in [-0.15, -0.1) is 0 Å². The first-order valence-electron chi connectivity index (χ1n) is 3.82. The van der Waals surface area contributed by atoms with Gasteiger partial charge < -0.3 is 9.64 Å². The molecule has 11 heavy (non-hydrogen) atoms. The number of hydrogen-bond donors (Lipinski definition) is 0. The molecule has 4 heteroatoms. The van der Waals surface area contributed by atoms with E-state index < -0.39 is 0 Å². The number of amides is 1. The predicted octanol–water partition coefficient (Wildman–Crippen LogP) is 1.65. The quantitative estimate of drug-likeness (QED) is 0.563. The maximum absolute atomic E-state index is 11.1. The normalized spacial score (nSPS) is 17.0. The van der Waals surface area contributed by atoms with Crippen molar-refractivity contribution in [2.24, 2.45) is 0 Å². The SMILES string of the molecule is O=C(OCCI)N1CCCC1. The molecule has 1 aliphatic rings. The summed E-state index contributed by atoms with van der Waals surface area (Å²) in [6.45, 7) is 2.29. The zero-order chi connectivity index (χ0) is 8.10. The predicted molar refractivity (Wildman–Crippen MR) is 51.0 cm³/mol. The number of carbonyl (C=O) groups is 1. The molecule has 0 spiro atoms. The molecular formula is C7H12INO2. The first-order chi connectivity index (χ1) is 5.34. The summed E-state index contributed by atoms with van der Waals surface area (Å²) < 4.78 is 5.83. The lowest BCUT2D eigenvalue weighted by Gasteiger charge is -2.13. The van der Waals surface area contributed by atoms with Crippen molar-refractivity contribution in [2.75, 3.05) is 24.1 Å². The van der Waals surface area contributed by atoms with Crippen LogP contribution in [-0.4, -0.2) is 35.1 Å². The van der Waals surface area contributed by atoms with E-state index in [1.165, 1.54) is 0 Å². The zero-order valence-electron chi connectivity index (χ0n) is 6.38. The van der Waals surface area contributed by atoms with Crippen LogP contribution < -0.4 is 0 Å². The fourth-order valence-corrected chi connectivity index (χ4v) is 1.34. The van der Waals surface area contributed by atoms with Crippen molar-refractivity contribution in [2.45, 2.75) is 12.8 Å². The molecule has 1 fully saturated rings. The number of hydrogen-bond acceptors (Lipinski definition) is 2. The van der Waals surface area contributed by atoms with Crippen LogP contribution in [0.1, 0.15) is 12.8 Å². The molecule has 0 saturated carbocycles. The van der Waals surface area contributed by atoms with Crippen molar-refractivity contribution in [3.63, 3.8) is 0 Å². The monoisotopic (exact) mass is 269 g/mol.